The van der Waals surface area contributed by atoms with E-state index in [0.29, 0.717) is 48.0 Å². The average molecular weight is 415 g/mol. The van der Waals surface area contributed by atoms with Gasteiger partial charge in [0, 0.05) is 12.6 Å². The lowest BCUT2D eigenvalue weighted by atomic mass is 10.1. The number of rotatable bonds is 8. The van der Waals surface area contributed by atoms with Crippen molar-refractivity contribution in [3.05, 3.63) is 59.4 Å². The molecule has 0 atom stereocenters. The molecule has 7 nitrogen and oxygen atoms in total. The van der Waals surface area contributed by atoms with Crippen molar-refractivity contribution >= 4 is 18.0 Å². The summed E-state index contributed by atoms with van der Waals surface area (Å²) in [5, 5.41) is 2.58. The first-order valence-corrected chi connectivity index (χ1v) is 9.39. The molecule has 0 bridgehead atoms. The number of halogens is 1. The van der Waals surface area contributed by atoms with Crippen molar-refractivity contribution in [2.24, 2.45) is 0 Å². The molecule has 1 N–H and O–H groups in total. The van der Waals surface area contributed by atoms with Crippen LogP contribution in [-0.4, -0.2) is 45.4 Å². The van der Waals surface area contributed by atoms with Gasteiger partial charge in [0.05, 0.1) is 7.11 Å². The first-order chi connectivity index (χ1) is 14.6. The summed E-state index contributed by atoms with van der Waals surface area (Å²) in [6.45, 7) is 0.680. The fraction of sp³-hybridized carbons (Fsp3) is 0.273. The molecule has 3 rings (SSSR count). The molecule has 1 aliphatic heterocycles. The van der Waals surface area contributed by atoms with Crippen LogP contribution in [0.5, 0.6) is 17.2 Å². The highest BCUT2D eigenvalue weighted by molar-refractivity contribution is 5.89. The average Bonchev–Trinajstić information content (AvgIpc) is 2.77. The predicted octanol–water partition coefficient (Wildman–Crippen LogP) is 2.52. The number of esters is 1. The molecule has 158 valence electrons. The number of amides is 1. The number of benzene rings is 2. The minimum absolute atomic E-state index is 0.240. The SMILES string of the molecule is COc1cc(/C=C/C(=O)OCC(=O)NCCc2ccccc2F)cc2c1OCCO2. The van der Waals surface area contributed by atoms with Crippen LogP contribution >= 0.6 is 0 Å². The zero-order valence-corrected chi connectivity index (χ0v) is 16.5. The maximum atomic E-state index is 13.5. The summed E-state index contributed by atoms with van der Waals surface area (Å²) < 4.78 is 34.8. The van der Waals surface area contributed by atoms with Crippen LogP contribution in [0.15, 0.2) is 42.5 Å². The van der Waals surface area contributed by atoms with Crippen LogP contribution < -0.4 is 19.5 Å². The maximum absolute atomic E-state index is 13.5. The highest BCUT2D eigenvalue weighted by Crippen LogP contribution is 2.40. The van der Waals surface area contributed by atoms with Gasteiger partial charge in [-0.1, -0.05) is 18.2 Å². The number of carbonyl (C=O) groups is 2. The molecule has 0 aromatic heterocycles. The molecule has 30 heavy (non-hydrogen) atoms. The van der Waals surface area contributed by atoms with Crippen molar-refractivity contribution in [2.45, 2.75) is 6.42 Å². The van der Waals surface area contributed by atoms with Gasteiger partial charge in [-0.2, -0.15) is 0 Å². The van der Waals surface area contributed by atoms with Gasteiger partial charge in [-0.25, -0.2) is 9.18 Å². The Balaban J connectivity index is 1.45. The van der Waals surface area contributed by atoms with Crippen LogP contribution in [0.3, 0.4) is 0 Å². The van der Waals surface area contributed by atoms with Crippen LogP contribution in [0, 0.1) is 5.82 Å². The molecule has 0 saturated heterocycles. The smallest absolute Gasteiger partial charge is 0.331 e. The molecule has 0 spiro atoms. The summed E-state index contributed by atoms with van der Waals surface area (Å²) in [7, 11) is 1.51. The lowest BCUT2D eigenvalue weighted by molar-refractivity contribution is -0.143. The van der Waals surface area contributed by atoms with Crippen LogP contribution in [0.1, 0.15) is 11.1 Å². The molecule has 2 aromatic rings. The Morgan fingerprint density at radius 2 is 2.00 bits per heavy atom. The lowest BCUT2D eigenvalue weighted by Crippen LogP contribution is -2.30. The molecule has 1 heterocycles. The van der Waals surface area contributed by atoms with Crippen molar-refractivity contribution in [3.8, 4) is 17.2 Å². The van der Waals surface area contributed by atoms with E-state index < -0.39 is 18.5 Å². The molecule has 8 heteroatoms. The molecule has 2 aromatic carbocycles. The number of hydrogen-bond donors (Lipinski definition) is 1. The van der Waals surface area contributed by atoms with Crippen LogP contribution in [0.25, 0.3) is 6.08 Å². The third kappa shape index (κ3) is 5.73. The fourth-order valence-corrected chi connectivity index (χ4v) is 2.83. The molecule has 1 aliphatic rings. The van der Waals surface area contributed by atoms with Crippen LogP contribution in [0.2, 0.25) is 0 Å². The molecule has 0 fully saturated rings. The van der Waals surface area contributed by atoms with Gasteiger partial charge in [0.25, 0.3) is 5.91 Å². The molecule has 1 amide bonds. The van der Waals surface area contributed by atoms with E-state index in [1.807, 2.05) is 0 Å². The Kier molecular flexibility index (Phi) is 7.26. The minimum Gasteiger partial charge on any atom is -0.493 e. The number of nitrogens with one attached hydrogen (secondary N) is 1. The van der Waals surface area contributed by atoms with E-state index in [9.17, 15) is 14.0 Å². The van der Waals surface area contributed by atoms with E-state index >= 15 is 0 Å². The second-order valence-electron chi connectivity index (χ2n) is 6.38. The maximum Gasteiger partial charge on any atom is 0.331 e. The summed E-state index contributed by atoms with van der Waals surface area (Å²) >= 11 is 0. The van der Waals surface area contributed by atoms with Gasteiger partial charge < -0.3 is 24.3 Å². The molecule has 0 saturated carbocycles. The number of fused-ring (bicyclic) bond motifs is 1. The van der Waals surface area contributed by atoms with E-state index in [0.717, 1.165) is 0 Å². The Morgan fingerprint density at radius 1 is 1.20 bits per heavy atom. The van der Waals surface area contributed by atoms with E-state index in [1.54, 1.807) is 30.3 Å². The van der Waals surface area contributed by atoms with Crippen molar-refractivity contribution in [3.63, 3.8) is 0 Å². The highest BCUT2D eigenvalue weighted by Gasteiger charge is 2.17. The summed E-state index contributed by atoms with van der Waals surface area (Å²) in [6, 6.07) is 9.77. The number of ether oxygens (including phenoxy) is 4. The van der Waals surface area contributed by atoms with Gasteiger partial charge in [0.15, 0.2) is 18.1 Å². The Hall–Kier alpha value is -3.55. The van der Waals surface area contributed by atoms with Crippen molar-refractivity contribution in [1.82, 2.24) is 5.32 Å². The monoisotopic (exact) mass is 415 g/mol. The normalized spacial score (nSPS) is 12.5. The largest absolute Gasteiger partial charge is 0.493 e. The van der Waals surface area contributed by atoms with E-state index in [4.69, 9.17) is 18.9 Å². The topological polar surface area (TPSA) is 83.1 Å². The molecule has 0 radical (unpaired) electrons. The Morgan fingerprint density at radius 3 is 2.80 bits per heavy atom. The van der Waals surface area contributed by atoms with E-state index in [-0.39, 0.29) is 12.4 Å². The first kappa shape index (κ1) is 21.2. The summed E-state index contributed by atoms with van der Waals surface area (Å²) in [5.41, 5.74) is 1.16. The Labute approximate surface area is 173 Å². The second-order valence-corrected chi connectivity index (χ2v) is 6.38. The quantitative estimate of drug-likeness (QED) is 0.527. The third-order valence-electron chi connectivity index (χ3n) is 4.28. The lowest BCUT2D eigenvalue weighted by Gasteiger charge is -2.20. The number of carbonyl (C=O) groups excluding carboxylic acids is 2. The van der Waals surface area contributed by atoms with Crippen LogP contribution in [0.4, 0.5) is 4.39 Å². The third-order valence-corrected chi connectivity index (χ3v) is 4.28. The Bertz CT molecular complexity index is 926. The molecule has 0 unspecified atom stereocenters. The fourth-order valence-electron chi connectivity index (χ4n) is 2.83. The standard InChI is InChI=1S/C22H22FNO6/c1-27-18-12-15(13-19-22(18)29-11-10-28-19)6-7-21(26)30-14-20(25)24-9-8-16-4-2-3-5-17(16)23/h2-7,12-13H,8-11,14H2,1H3,(H,24,25)/b7-6+. The van der Waals surface area contributed by atoms with Gasteiger partial charge in [-0.3, -0.25) is 4.79 Å². The summed E-state index contributed by atoms with van der Waals surface area (Å²) in [5.74, 6) is 0.0918. The van der Waals surface area contributed by atoms with Crippen LogP contribution in [-0.2, 0) is 20.7 Å². The zero-order valence-electron chi connectivity index (χ0n) is 16.5. The van der Waals surface area contributed by atoms with Gasteiger partial charge in [-0.15, -0.1) is 0 Å². The van der Waals surface area contributed by atoms with Gasteiger partial charge in [-0.05, 0) is 41.8 Å². The van der Waals surface area contributed by atoms with E-state index in [2.05, 4.69) is 5.32 Å². The number of hydrogen-bond acceptors (Lipinski definition) is 6. The summed E-state index contributed by atoms with van der Waals surface area (Å²) in [6.07, 6.45) is 3.08. The van der Waals surface area contributed by atoms with E-state index in [1.165, 1.54) is 25.3 Å². The molecular formula is C22H22FNO6. The first-order valence-electron chi connectivity index (χ1n) is 9.39. The molecule has 0 aliphatic carbocycles. The number of methoxy groups -OCH3 is 1. The zero-order chi connectivity index (χ0) is 21.3. The van der Waals surface area contributed by atoms with Crippen molar-refractivity contribution in [1.29, 1.82) is 0 Å². The van der Waals surface area contributed by atoms with Gasteiger partial charge >= 0.3 is 5.97 Å². The van der Waals surface area contributed by atoms with Crippen molar-refractivity contribution in [2.75, 3.05) is 33.5 Å². The predicted molar refractivity (Wildman–Crippen MR) is 107 cm³/mol. The van der Waals surface area contributed by atoms with Gasteiger partial charge in [0.1, 0.15) is 19.0 Å². The highest BCUT2D eigenvalue weighted by atomic mass is 19.1. The van der Waals surface area contributed by atoms with Gasteiger partial charge in [0.2, 0.25) is 5.75 Å². The van der Waals surface area contributed by atoms with Crippen molar-refractivity contribution < 1.29 is 32.9 Å². The second kappa shape index (κ2) is 10.3. The summed E-state index contributed by atoms with van der Waals surface area (Å²) in [4.78, 5) is 23.7. The minimum atomic E-state index is -0.673. The molecular weight excluding hydrogens is 393 g/mol.